The molecule has 2 atom stereocenters. The summed E-state index contributed by atoms with van der Waals surface area (Å²) in [6.07, 6.45) is -4.84. The van der Waals surface area contributed by atoms with E-state index in [2.05, 4.69) is 0 Å². The maximum atomic E-state index is 13.2. The van der Waals surface area contributed by atoms with Gasteiger partial charge in [0.05, 0.1) is 24.7 Å². The van der Waals surface area contributed by atoms with Crippen LogP contribution in [-0.2, 0) is 21.0 Å². The van der Waals surface area contributed by atoms with E-state index in [9.17, 15) is 30.8 Å². The molecule has 1 aliphatic carbocycles. The molecule has 0 aromatic heterocycles. The highest BCUT2D eigenvalue weighted by molar-refractivity contribution is 7.90. The van der Waals surface area contributed by atoms with Crippen molar-refractivity contribution in [3.8, 4) is 11.5 Å². The summed E-state index contributed by atoms with van der Waals surface area (Å²) in [5.74, 6) is -2.40. The number of nitrogens with one attached hydrogen (secondary N) is 1. The van der Waals surface area contributed by atoms with Gasteiger partial charge < -0.3 is 9.47 Å². The van der Waals surface area contributed by atoms with Gasteiger partial charge in [0, 0.05) is 17.4 Å². The molecule has 30 heavy (non-hydrogen) atoms. The molecular weight excluding hydrogens is 430 g/mol. The van der Waals surface area contributed by atoms with Crippen LogP contribution in [0.25, 0.3) is 0 Å². The van der Waals surface area contributed by atoms with Gasteiger partial charge in [0.1, 0.15) is 17.3 Å². The number of hydrogen-bond acceptors (Lipinski definition) is 5. The van der Waals surface area contributed by atoms with E-state index in [-0.39, 0.29) is 18.4 Å². The van der Waals surface area contributed by atoms with E-state index in [4.69, 9.17) is 9.47 Å². The molecule has 0 spiro atoms. The molecule has 1 amide bonds. The highest BCUT2D eigenvalue weighted by Crippen LogP contribution is 2.51. The third-order valence-electron chi connectivity index (χ3n) is 4.74. The molecule has 0 heterocycles. The van der Waals surface area contributed by atoms with Gasteiger partial charge in [-0.05, 0) is 42.8 Å². The van der Waals surface area contributed by atoms with Crippen molar-refractivity contribution in [1.29, 1.82) is 0 Å². The van der Waals surface area contributed by atoms with Crippen LogP contribution in [-0.4, -0.2) is 28.5 Å². The van der Waals surface area contributed by atoms with Crippen molar-refractivity contribution in [2.75, 3.05) is 14.2 Å². The molecule has 0 radical (unpaired) electrons. The highest BCUT2D eigenvalue weighted by atomic mass is 32.2. The molecule has 11 heteroatoms. The van der Waals surface area contributed by atoms with Gasteiger partial charge >= 0.3 is 6.18 Å². The van der Waals surface area contributed by atoms with E-state index in [1.807, 2.05) is 0 Å². The van der Waals surface area contributed by atoms with Crippen LogP contribution in [0.5, 0.6) is 11.5 Å². The smallest absolute Gasteiger partial charge is 0.417 e. The first kappa shape index (κ1) is 21.9. The average Bonchev–Trinajstić information content (AvgIpc) is 3.47. The Morgan fingerprint density at radius 3 is 2.40 bits per heavy atom. The molecule has 2 aromatic rings. The zero-order valence-electron chi connectivity index (χ0n) is 15.8. The molecule has 2 unspecified atom stereocenters. The Labute approximate surface area is 169 Å². The number of amides is 1. The fraction of sp³-hybridized carbons (Fsp3) is 0.316. The Kier molecular flexibility index (Phi) is 5.68. The molecule has 0 saturated heterocycles. The van der Waals surface area contributed by atoms with E-state index in [1.54, 1.807) is 22.9 Å². The van der Waals surface area contributed by atoms with Gasteiger partial charge in [-0.3, -0.25) is 4.79 Å². The van der Waals surface area contributed by atoms with Crippen molar-refractivity contribution >= 4 is 15.9 Å². The number of methoxy groups -OCH3 is 2. The van der Waals surface area contributed by atoms with Crippen molar-refractivity contribution in [3.05, 3.63) is 53.3 Å². The summed E-state index contributed by atoms with van der Waals surface area (Å²) in [4.78, 5) is 11.2. The summed E-state index contributed by atoms with van der Waals surface area (Å²) < 4.78 is 89.5. The Morgan fingerprint density at radius 2 is 1.80 bits per heavy atom. The van der Waals surface area contributed by atoms with E-state index in [0.717, 1.165) is 0 Å². The van der Waals surface area contributed by atoms with Crippen molar-refractivity contribution in [2.45, 2.75) is 23.4 Å². The normalized spacial score (nSPS) is 18.6. The van der Waals surface area contributed by atoms with Gasteiger partial charge in [-0.25, -0.2) is 17.5 Å². The fourth-order valence-corrected chi connectivity index (χ4v) is 4.42. The molecule has 0 aliphatic heterocycles. The fourth-order valence-electron chi connectivity index (χ4n) is 3.18. The number of carbonyl (C=O) groups excluding carboxylic acids is 1. The van der Waals surface area contributed by atoms with Gasteiger partial charge in [-0.15, -0.1) is 0 Å². The Hall–Kier alpha value is -2.82. The molecule has 1 saturated carbocycles. The first-order valence-corrected chi connectivity index (χ1v) is 10.1. The van der Waals surface area contributed by atoms with Gasteiger partial charge in [-0.2, -0.15) is 13.2 Å². The lowest BCUT2D eigenvalue weighted by molar-refractivity contribution is -0.140. The Bertz CT molecular complexity index is 1080. The SMILES string of the molecule is COc1ccc(OC)c(C2CC2C(=O)NS(=O)(=O)c2ccc(F)cc2C(F)(F)F)c1. The van der Waals surface area contributed by atoms with Crippen molar-refractivity contribution in [2.24, 2.45) is 5.92 Å². The number of carbonyl (C=O) groups is 1. The monoisotopic (exact) mass is 447 g/mol. The lowest BCUT2D eigenvalue weighted by Crippen LogP contribution is -2.33. The highest BCUT2D eigenvalue weighted by Gasteiger charge is 2.47. The lowest BCUT2D eigenvalue weighted by atomic mass is 10.1. The van der Waals surface area contributed by atoms with Gasteiger partial charge in [0.25, 0.3) is 10.0 Å². The van der Waals surface area contributed by atoms with Crippen LogP contribution in [0.1, 0.15) is 23.5 Å². The summed E-state index contributed by atoms with van der Waals surface area (Å²) in [6.45, 7) is 0. The van der Waals surface area contributed by atoms with Gasteiger partial charge in [0.15, 0.2) is 0 Å². The molecular formula is C19H17F4NO5S. The second-order valence-corrected chi connectivity index (χ2v) is 8.32. The molecule has 6 nitrogen and oxygen atoms in total. The van der Waals surface area contributed by atoms with Crippen LogP contribution in [0.3, 0.4) is 0 Å². The van der Waals surface area contributed by atoms with Crippen molar-refractivity contribution in [1.82, 2.24) is 4.72 Å². The summed E-state index contributed by atoms with van der Waals surface area (Å²) in [6, 6.07) is 6.05. The van der Waals surface area contributed by atoms with Crippen LogP contribution in [0, 0.1) is 11.7 Å². The number of rotatable bonds is 6. The van der Waals surface area contributed by atoms with Crippen LogP contribution in [0.4, 0.5) is 17.6 Å². The van der Waals surface area contributed by atoms with Crippen molar-refractivity contribution < 1.29 is 40.2 Å². The van der Waals surface area contributed by atoms with Crippen LogP contribution in [0.2, 0.25) is 0 Å². The molecule has 162 valence electrons. The Balaban J connectivity index is 1.83. The predicted molar refractivity (Wildman–Crippen MR) is 97.1 cm³/mol. The second kappa shape index (κ2) is 7.78. The van der Waals surface area contributed by atoms with E-state index >= 15 is 0 Å². The molecule has 3 rings (SSSR count). The maximum absolute atomic E-state index is 13.2. The quantitative estimate of drug-likeness (QED) is 0.686. The molecule has 1 N–H and O–H groups in total. The standard InChI is InChI=1S/C19H17F4NO5S/c1-28-11-4-5-16(29-2)13(8-11)12-9-14(12)18(25)24-30(26,27)17-6-3-10(20)7-15(17)19(21,22)23/h3-8,12,14H,9H2,1-2H3,(H,24,25). The zero-order chi connectivity index (χ0) is 22.3. The van der Waals surface area contributed by atoms with E-state index in [1.165, 1.54) is 14.2 Å². The summed E-state index contributed by atoms with van der Waals surface area (Å²) in [7, 11) is -1.99. The van der Waals surface area contributed by atoms with E-state index in [0.29, 0.717) is 29.2 Å². The summed E-state index contributed by atoms with van der Waals surface area (Å²) in [5, 5.41) is 0. The third kappa shape index (κ3) is 4.35. The molecule has 0 bridgehead atoms. The summed E-state index contributed by atoms with van der Waals surface area (Å²) >= 11 is 0. The average molecular weight is 447 g/mol. The molecule has 2 aromatic carbocycles. The predicted octanol–water partition coefficient (Wildman–Crippen LogP) is 3.47. The lowest BCUT2D eigenvalue weighted by Gasteiger charge is -2.14. The minimum Gasteiger partial charge on any atom is -0.497 e. The van der Waals surface area contributed by atoms with Crippen LogP contribution >= 0.6 is 0 Å². The molecule has 1 aliphatic rings. The number of alkyl halides is 3. The minimum absolute atomic E-state index is 0.0695. The number of ether oxygens (including phenoxy) is 2. The maximum Gasteiger partial charge on any atom is 0.417 e. The van der Waals surface area contributed by atoms with Gasteiger partial charge in [-0.1, -0.05) is 0 Å². The topological polar surface area (TPSA) is 81.7 Å². The third-order valence-corrected chi connectivity index (χ3v) is 6.14. The van der Waals surface area contributed by atoms with Crippen molar-refractivity contribution in [3.63, 3.8) is 0 Å². The zero-order valence-corrected chi connectivity index (χ0v) is 16.6. The molecule has 1 fully saturated rings. The minimum atomic E-state index is -5.12. The number of halogens is 4. The second-order valence-electron chi connectivity index (χ2n) is 6.66. The number of sulfonamides is 1. The Morgan fingerprint density at radius 1 is 1.10 bits per heavy atom. The number of benzene rings is 2. The largest absolute Gasteiger partial charge is 0.497 e. The van der Waals surface area contributed by atoms with E-state index < -0.39 is 44.3 Å². The summed E-state index contributed by atoms with van der Waals surface area (Å²) in [5.41, 5.74) is -1.07. The van der Waals surface area contributed by atoms with Gasteiger partial charge in [0.2, 0.25) is 5.91 Å². The van der Waals surface area contributed by atoms with Crippen LogP contribution < -0.4 is 14.2 Å². The first-order chi connectivity index (χ1) is 14.0. The number of hydrogen-bond donors (Lipinski definition) is 1. The van der Waals surface area contributed by atoms with Crippen LogP contribution in [0.15, 0.2) is 41.3 Å². The first-order valence-electron chi connectivity index (χ1n) is 8.63.